The number of rotatable bonds is 10. The summed E-state index contributed by atoms with van der Waals surface area (Å²) in [5.74, 6) is 0. The molecule has 15 rings (SSSR count). The van der Waals surface area contributed by atoms with Crippen molar-refractivity contribution in [3.05, 3.63) is 325 Å². The molecule has 2 nitrogen and oxygen atoms in total. The molecule has 14 aromatic rings. The monoisotopic (exact) mass is 980 g/mol. The van der Waals surface area contributed by atoms with E-state index in [0.717, 1.165) is 13.1 Å². The van der Waals surface area contributed by atoms with E-state index in [0.29, 0.717) is 0 Å². The van der Waals surface area contributed by atoms with Crippen LogP contribution in [0.5, 0.6) is 0 Å². The van der Waals surface area contributed by atoms with Crippen LogP contribution in [0.2, 0.25) is 0 Å². The smallest absolute Gasteiger partial charge is 0.0713 e. The van der Waals surface area contributed by atoms with E-state index < -0.39 is 5.41 Å². The van der Waals surface area contributed by atoms with Crippen molar-refractivity contribution in [2.75, 3.05) is 0 Å². The lowest BCUT2D eigenvalue weighted by Gasteiger charge is -2.34. The second-order valence-electron chi connectivity index (χ2n) is 20.8. The van der Waals surface area contributed by atoms with Gasteiger partial charge in [0.1, 0.15) is 0 Å². The minimum atomic E-state index is -0.578. The Morgan fingerprint density at radius 1 is 0.234 bits per heavy atom. The van der Waals surface area contributed by atoms with Crippen molar-refractivity contribution >= 4 is 43.6 Å². The van der Waals surface area contributed by atoms with Gasteiger partial charge in [0.05, 0.1) is 5.41 Å². The summed E-state index contributed by atoms with van der Waals surface area (Å²) in [6.07, 6.45) is 0. The number of hydrogen-bond acceptors (Lipinski definition) is 0. The molecule has 362 valence electrons. The Hall–Kier alpha value is -9.76. The highest BCUT2D eigenvalue weighted by molar-refractivity contribution is 6.12. The minimum absolute atomic E-state index is 0.578. The zero-order valence-electron chi connectivity index (χ0n) is 42.5. The Balaban J connectivity index is 0.889. The van der Waals surface area contributed by atoms with Gasteiger partial charge in [-0.1, -0.05) is 243 Å². The van der Waals surface area contributed by atoms with Gasteiger partial charge in [-0.05, 0) is 138 Å². The summed E-state index contributed by atoms with van der Waals surface area (Å²) in [7, 11) is 0. The van der Waals surface area contributed by atoms with E-state index in [-0.39, 0.29) is 0 Å². The molecule has 0 amide bonds. The van der Waals surface area contributed by atoms with Crippen LogP contribution in [0.3, 0.4) is 0 Å². The molecule has 0 fully saturated rings. The van der Waals surface area contributed by atoms with E-state index >= 15 is 0 Å². The summed E-state index contributed by atoms with van der Waals surface area (Å²) in [6.45, 7) is 1.44. The predicted molar refractivity (Wildman–Crippen MR) is 323 cm³/mol. The van der Waals surface area contributed by atoms with Crippen molar-refractivity contribution in [2.24, 2.45) is 0 Å². The summed E-state index contributed by atoms with van der Waals surface area (Å²) in [5, 5.41) is 5.05. The van der Waals surface area contributed by atoms with E-state index in [1.807, 2.05) is 0 Å². The summed E-state index contributed by atoms with van der Waals surface area (Å²) in [4.78, 5) is 0. The van der Waals surface area contributed by atoms with E-state index in [2.05, 4.69) is 300 Å². The molecule has 0 radical (unpaired) electrons. The van der Waals surface area contributed by atoms with Crippen LogP contribution in [0.1, 0.15) is 33.4 Å². The van der Waals surface area contributed by atoms with Crippen LogP contribution >= 0.6 is 0 Å². The van der Waals surface area contributed by atoms with Gasteiger partial charge in [0.25, 0.3) is 0 Å². The highest BCUT2D eigenvalue weighted by Gasteiger charge is 2.46. The van der Waals surface area contributed by atoms with Crippen molar-refractivity contribution in [3.8, 4) is 55.6 Å². The van der Waals surface area contributed by atoms with Gasteiger partial charge in [0.15, 0.2) is 0 Å². The van der Waals surface area contributed by atoms with Crippen molar-refractivity contribution in [3.63, 3.8) is 0 Å². The molecule has 0 aliphatic heterocycles. The molecule has 12 aromatic carbocycles. The molecular formula is C75H52N2. The van der Waals surface area contributed by atoms with E-state index in [1.54, 1.807) is 0 Å². The Bertz CT molecular complexity index is 4030. The lowest BCUT2D eigenvalue weighted by atomic mass is 9.67. The first kappa shape index (κ1) is 44.7. The van der Waals surface area contributed by atoms with Crippen LogP contribution in [0.25, 0.3) is 99.2 Å². The standard InChI is InChI=1S/C75H52N2/c1-7-19-53(20-8-1)57-33-39-71-65(45-57)66-46-58(54-21-9-2-10-22-54)34-40-72(66)76(71)49-51-31-37-63-64-38-32-52(44-70(64)75(69(63)43-51,61-27-15-5-16-28-61)62-29-17-6-18-30-62)50-77-73-41-35-59(55-23-11-3-12-24-55)47-67(73)68-48-60(36-42-74(68)77)56-25-13-4-14-26-56/h1-48H,49-50H2. The van der Waals surface area contributed by atoms with Gasteiger partial charge in [-0.2, -0.15) is 0 Å². The maximum Gasteiger partial charge on any atom is 0.0713 e. The maximum absolute atomic E-state index is 2.54. The first-order valence-electron chi connectivity index (χ1n) is 26.9. The summed E-state index contributed by atoms with van der Waals surface area (Å²) in [5.41, 5.74) is 24.4. The van der Waals surface area contributed by atoms with Gasteiger partial charge in [0.2, 0.25) is 0 Å². The first-order chi connectivity index (χ1) is 38.2. The molecule has 2 aromatic heterocycles. The Kier molecular flexibility index (Phi) is 10.6. The van der Waals surface area contributed by atoms with Crippen LogP contribution in [-0.4, -0.2) is 9.13 Å². The highest BCUT2D eigenvalue weighted by atomic mass is 15.0. The van der Waals surface area contributed by atoms with Gasteiger partial charge < -0.3 is 9.13 Å². The fraction of sp³-hybridized carbons (Fsp3) is 0.0400. The Morgan fingerprint density at radius 2 is 0.506 bits per heavy atom. The average Bonchev–Trinajstić information content (AvgIpc) is 4.33. The lowest BCUT2D eigenvalue weighted by molar-refractivity contribution is 0.759. The molecular weight excluding hydrogens is 929 g/mol. The van der Waals surface area contributed by atoms with Gasteiger partial charge >= 0.3 is 0 Å². The summed E-state index contributed by atoms with van der Waals surface area (Å²) >= 11 is 0. The van der Waals surface area contributed by atoms with Crippen LogP contribution < -0.4 is 0 Å². The molecule has 0 bridgehead atoms. The van der Waals surface area contributed by atoms with E-state index in [4.69, 9.17) is 0 Å². The normalized spacial score (nSPS) is 12.6. The number of hydrogen-bond donors (Lipinski definition) is 0. The third-order valence-corrected chi connectivity index (χ3v) is 16.5. The Labute approximate surface area is 449 Å². The lowest BCUT2D eigenvalue weighted by Crippen LogP contribution is -2.29. The zero-order valence-corrected chi connectivity index (χ0v) is 42.5. The van der Waals surface area contributed by atoms with Crippen LogP contribution in [0.15, 0.2) is 291 Å². The SMILES string of the molecule is c1ccc(-c2ccc3c(c2)c2cc(-c4ccccc4)ccc2n3Cc2ccc3c(c2)C(c2ccccc2)(c2ccccc2)c2cc(Cn4c5ccc(-c6ccccc6)cc5c5cc(-c6ccccc6)ccc54)ccc2-3)cc1. The Morgan fingerprint density at radius 3 is 0.792 bits per heavy atom. The average molecular weight is 981 g/mol. The molecule has 1 aliphatic rings. The highest BCUT2D eigenvalue weighted by Crippen LogP contribution is 2.57. The second kappa shape index (κ2) is 18.3. The first-order valence-corrected chi connectivity index (χ1v) is 26.9. The van der Waals surface area contributed by atoms with Crippen LogP contribution in [-0.2, 0) is 18.5 Å². The molecule has 0 saturated carbocycles. The molecule has 2 heteroatoms. The largest absolute Gasteiger partial charge is 0.336 e. The number of fused-ring (bicyclic) bond motifs is 9. The summed E-state index contributed by atoms with van der Waals surface area (Å²) in [6, 6.07) is 108. The van der Waals surface area contributed by atoms with Crippen molar-refractivity contribution in [2.45, 2.75) is 18.5 Å². The van der Waals surface area contributed by atoms with Crippen molar-refractivity contribution < 1.29 is 0 Å². The molecule has 2 heterocycles. The second-order valence-corrected chi connectivity index (χ2v) is 20.8. The molecule has 77 heavy (non-hydrogen) atoms. The molecule has 0 N–H and O–H groups in total. The quantitative estimate of drug-likeness (QED) is 0.129. The fourth-order valence-electron chi connectivity index (χ4n) is 12.9. The topological polar surface area (TPSA) is 9.86 Å². The predicted octanol–water partition coefficient (Wildman–Crippen LogP) is 19.0. The van der Waals surface area contributed by atoms with Crippen molar-refractivity contribution in [1.29, 1.82) is 0 Å². The molecule has 1 aliphatic carbocycles. The van der Waals surface area contributed by atoms with Crippen molar-refractivity contribution in [1.82, 2.24) is 9.13 Å². The van der Waals surface area contributed by atoms with Gasteiger partial charge in [-0.15, -0.1) is 0 Å². The third kappa shape index (κ3) is 7.40. The van der Waals surface area contributed by atoms with E-state index in [1.165, 1.54) is 133 Å². The molecule has 0 atom stereocenters. The van der Waals surface area contributed by atoms with E-state index in [9.17, 15) is 0 Å². The molecule has 0 unspecified atom stereocenters. The summed E-state index contributed by atoms with van der Waals surface area (Å²) < 4.78 is 5.08. The maximum atomic E-state index is 2.54. The van der Waals surface area contributed by atoms with Crippen LogP contribution in [0.4, 0.5) is 0 Å². The minimum Gasteiger partial charge on any atom is -0.336 e. The third-order valence-electron chi connectivity index (χ3n) is 16.5. The van der Waals surface area contributed by atoms with Gasteiger partial charge in [0, 0.05) is 56.7 Å². The molecule has 0 spiro atoms. The number of benzene rings is 12. The molecule has 0 saturated heterocycles. The van der Waals surface area contributed by atoms with Gasteiger partial charge in [-0.3, -0.25) is 0 Å². The number of aromatic nitrogens is 2. The zero-order chi connectivity index (χ0) is 50.9. The number of nitrogens with zero attached hydrogens (tertiary/aromatic N) is 2. The fourth-order valence-corrected chi connectivity index (χ4v) is 12.9. The van der Waals surface area contributed by atoms with Gasteiger partial charge in [-0.25, -0.2) is 0 Å². The van der Waals surface area contributed by atoms with Crippen LogP contribution in [0, 0.1) is 0 Å².